The van der Waals surface area contributed by atoms with E-state index in [0.29, 0.717) is 18.2 Å². The third-order valence-corrected chi connectivity index (χ3v) is 2.44. The first kappa shape index (κ1) is 10.9. The zero-order chi connectivity index (χ0) is 11.4. The Labute approximate surface area is 93.8 Å². The summed E-state index contributed by atoms with van der Waals surface area (Å²) in [6.45, 7) is 0.655. The molecule has 0 saturated carbocycles. The molecule has 2 rings (SSSR count). The van der Waals surface area contributed by atoms with Gasteiger partial charge in [0.25, 0.3) is 5.91 Å². The van der Waals surface area contributed by atoms with Crippen LogP contribution in [0.15, 0.2) is 18.3 Å². The van der Waals surface area contributed by atoms with E-state index in [9.17, 15) is 4.79 Å². The van der Waals surface area contributed by atoms with Gasteiger partial charge >= 0.3 is 0 Å². The minimum atomic E-state index is -0.343. The zero-order valence-electron chi connectivity index (χ0n) is 9.10. The van der Waals surface area contributed by atoms with E-state index in [0.717, 1.165) is 12.8 Å². The lowest BCUT2D eigenvalue weighted by atomic mass is 10.2. The maximum atomic E-state index is 11.8. The van der Waals surface area contributed by atoms with Crippen molar-refractivity contribution in [3.05, 3.63) is 18.3 Å². The molecule has 0 aliphatic carbocycles. The number of carbonyl (C=O) groups excluding carboxylic acids is 1. The summed E-state index contributed by atoms with van der Waals surface area (Å²) in [5, 5.41) is 2.75. The van der Waals surface area contributed by atoms with E-state index < -0.39 is 0 Å². The van der Waals surface area contributed by atoms with Gasteiger partial charge < -0.3 is 14.8 Å². The predicted molar refractivity (Wildman–Crippen MR) is 58.4 cm³/mol. The number of pyridine rings is 1. The van der Waals surface area contributed by atoms with Crippen molar-refractivity contribution < 1.29 is 14.3 Å². The molecular weight excluding hydrogens is 208 g/mol. The molecule has 1 amide bonds. The van der Waals surface area contributed by atoms with Crippen molar-refractivity contribution in [2.75, 3.05) is 19.0 Å². The van der Waals surface area contributed by atoms with E-state index in [1.54, 1.807) is 18.3 Å². The number of rotatable bonds is 3. The lowest BCUT2D eigenvalue weighted by Gasteiger charge is -2.12. The number of amides is 1. The molecule has 1 saturated heterocycles. The fourth-order valence-electron chi connectivity index (χ4n) is 1.65. The standard InChI is InChI=1S/C11H14N2O3/c1-15-11-8(4-2-6-12-11)13-10(14)9-5-3-7-16-9/h2,4,6,9H,3,5,7H2,1H3,(H,13,14)/t9-/m1/s1. The van der Waals surface area contributed by atoms with Crippen molar-refractivity contribution in [3.8, 4) is 5.88 Å². The van der Waals surface area contributed by atoms with Crippen LogP contribution in [0.25, 0.3) is 0 Å². The second-order valence-corrected chi connectivity index (χ2v) is 3.55. The highest BCUT2D eigenvalue weighted by Crippen LogP contribution is 2.21. The van der Waals surface area contributed by atoms with Crippen LogP contribution in [0.2, 0.25) is 0 Å². The van der Waals surface area contributed by atoms with Gasteiger partial charge in [0.1, 0.15) is 11.8 Å². The lowest BCUT2D eigenvalue weighted by molar-refractivity contribution is -0.124. The number of aromatic nitrogens is 1. The number of anilines is 1. The van der Waals surface area contributed by atoms with Gasteiger partial charge in [-0.05, 0) is 25.0 Å². The van der Waals surface area contributed by atoms with E-state index in [1.807, 2.05) is 0 Å². The molecule has 0 bridgehead atoms. The monoisotopic (exact) mass is 222 g/mol. The first-order valence-electron chi connectivity index (χ1n) is 5.22. The highest BCUT2D eigenvalue weighted by atomic mass is 16.5. The third kappa shape index (κ3) is 2.30. The SMILES string of the molecule is COc1ncccc1NC(=O)[C@H]1CCCO1. The van der Waals surface area contributed by atoms with Gasteiger partial charge in [0.2, 0.25) is 5.88 Å². The Hall–Kier alpha value is -1.62. The van der Waals surface area contributed by atoms with Crippen molar-refractivity contribution in [1.82, 2.24) is 4.98 Å². The summed E-state index contributed by atoms with van der Waals surface area (Å²) in [4.78, 5) is 15.8. The van der Waals surface area contributed by atoms with Crippen molar-refractivity contribution in [1.29, 1.82) is 0 Å². The van der Waals surface area contributed by atoms with Crippen LogP contribution in [0.1, 0.15) is 12.8 Å². The summed E-state index contributed by atoms with van der Waals surface area (Å²) in [6, 6.07) is 3.49. The Kier molecular flexibility index (Phi) is 3.36. The van der Waals surface area contributed by atoms with Crippen LogP contribution < -0.4 is 10.1 Å². The summed E-state index contributed by atoms with van der Waals surface area (Å²) in [7, 11) is 1.52. The number of ether oxygens (including phenoxy) is 2. The van der Waals surface area contributed by atoms with E-state index >= 15 is 0 Å². The first-order valence-corrected chi connectivity index (χ1v) is 5.22. The van der Waals surface area contributed by atoms with Gasteiger partial charge in [-0.2, -0.15) is 0 Å². The van der Waals surface area contributed by atoms with Crippen LogP contribution in [0.5, 0.6) is 5.88 Å². The maximum absolute atomic E-state index is 11.8. The number of hydrogen-bond acceptors (Lipinski definition) is 4. The summed E-state index contributed by atoms with van der Waals surface area (Å²) >= 11 is 0. The highest BCUT2D eigenvalue weighted by Gasteiger charge is 2.24. The molecule has 1 aromatic heterocycles. The van der Waals surface area contributed by atoms with Gasteiger partial charge in [0.05, 0.1) is 7.11 Å². The molecule has 1 aliphatic heterocycles. The number of hydrogen-bond donors (Lipinski definition) is 1. The van der Waals surface area contributed by atoms with Crippen LogP contribution in [0.4, 0.5) is 5.69 Å². The molecule has 0 unspecified atom stereocenters. The molecule has 0 radical (unpaired) electrons. The molecule has 0 spiro atoms. The molecule has 1 aromatic rings. The van der Waals surface area contributed by atoms with Crippen LogP contribution in [0.3, 0.4) is 0 Å². The number of nitrogens with one attached hydrogen (secondary N) is 1. The second-order valence-electron chi connectivity index (χ2n) is 3.55. The zero-order valence-corrected chi connectivity index (χ0v) is 9.10. The molecular formula is C11H14N2O3. The molecule has 1 N–H and O–H groups in total. The summed E-state index contributed by atoms with van der Waals surface area (Å²) in [6.07, 6.45) is 2.97. The lowest BCUT2D eigenvalue weighted by Crippen LogP contribution is -2.27. The third-order valence-electron chi connectivity index (χ3n) is 2.44. The Morgan fingerprint density at radius 1 is 1.69 bits per heavy atom. The van der Waals surface area contributed by atoms with E-state index in [-0.39, 0.29) is 12.0 Å². The average Bonchev–Trinajstić information content (AvgIpc) is 2.83. The Balaban J connectivity index is 2.05. The molecule has 1 aliphatic rings. The van der Waals surface area contributed by atoms with Crippen molar-refractivity contribution >= 4 is 11.6 Å². The molecule has 0 aromatic carbocycles. The number of nitrogens with zero attached hydrogens (tertiary/aromatic N) is 1. The van der Waals surface area contributed by atoms with Crippen molar-refractivity contribution in [2.45, 2.75) is 18.9 Å². The minimum Gasteiger partial charge on any atom is -0.480 e. The van der Waals surface area contributed by atoms with E-state index in [2.05, 4.69) is 10.3 Å². The highest BCUT2D eigenvalue weighted by molar-refractivity contribution is 5.95. The van der Waals surface area contributed by atoms with E-state index in [1.165, 1.54) is 7.11 Å². The second kappa shape index (κ2) is 4.94. The molecule has 86 valence electrons. The van der Waals surface area contributed by atoms with Crippen LogP contribution in [-0.4, -0.2) is 30.7 Å². The number of carbonyl (C=O) groups is 1. The summed E-state index contributed by atoms with van der Waals surface area (Å²) in [5.74, 6) is 0.276. The van der Waals surface area contributed by atoms with Gasteiger partial charge in [0.15, 0.2) is 0 Å². The van der Waals surface area contributed by atoms with Gasteiger partial charge in [-0.3, -0.25) is 4.79 Å². The molecule has 5 heteroatoms. The van der Waals surface area contributed by atoms with Crippen LogP contribution in [-0.2, 0) is 9.53 Å². The Morgan fingerprint density at radius 2 is 2.56 bits per heavy atom. The quantitative estimate of drug-likeness (QED) is 0.835. The predicted octanol–water partition coefficient (Wildman–Crippen LogP) is 1.21. The summed E-state index contributed by atoms with van der Waals surface area (Å²) in [5.41, 5.74) is 0.575. The van der Waals surface area contributed by atoms with Crippen molar-refractivity contribution in [2.24, 2.45) is 0 Å². The normalized spacial score (nSPS) is 19.4. The number of methoxy groups -OCH3 is 1. The largest absolute Gasteiger partial charge is 0.480 e. The van der Waals surface area contributed by atoms with Crippen LogP contribution in [0, 0.1) is 0 Å². The molecule has 16 heavy (non-hydrogen) atoms. The first-order chi connectivity index (χ1) is 7.81. The Morgan fingerprint density at radius 3 is 3.25 bits per heavy atom. The van der Waals surface area contributed by atoms with Gasteiger partial charge in [-0.15, -0.1) is 0 Å². The molecule has 2 heterocycles. The minimum absolute atomic E-state index is 0.135. The molecule has 5 nitrogen and oxygen atoms in total. The smallest absolute Gasteiger partial charge is 0.253 e. The molecule has 1 fully saturated rings. The maximum Gasteiger partial charge on any atom is 0.253 e. The molecule has 1 atom stereocenters. The Bertz CT molecular complexity index is 375. The fourth-order valence-corrected chi connectivity index (χ4v) is 1.65. The van der Waals surface area contributed by atoms with Crippen molar-refractivity contribution in [3.63, 3.8) is 0 Å². The van der Waals surface area contributed by atoms with Crippen LogP contribution >= 0.6 is 0 Å². The average molecular weight is 222 g/mol. The van der Waals surface area contributed by atoms with Gasteiger partial charge in [0, 0.05) is 12.8 Å². The fraction of sp³-hybridized carbons (Fsp3) is 0.455. The van der Waals surface area contributed by atoms with Gasteiger partial charge in [-0.25, -0.2) is 4.98 Å². The summed E-state index contributed by atoms with van der Waals surface area (Å²) < 4.78 is 10.3. The van der Waals surface area contributed by atoms with Gasteiger partial charge in [-0.1, -0.05) is 0 Å². The topological polar surface area (TPSA) is 60.5 Å². The van der Waals surface area contributed by atoms with E-state index in [4.69, 9.17) is 9.47 Å².